The van der Waals surface area contributed by atoms with Crippen molar-refractivity contribution in [3.8, 4) is 0 Å². The number of hydrogen-bond acceptors (Lipinski definition) is 5. The summed E-state index contributed by atoms with van der Waals surface area (Å²) >= 11 is 1.57. The van der Waals surface area contributed by atoms with Crippen LogP contribution in [0.5, 0.6) is 0 Å². The molecule has 4 aromatic rings. The summed E-state index contributed by atoms with van der Waals surface area (Å²) in [6.45, 7) is 0. The number of para-hydroxylation sites is 2. The Hall–Kier alpha value is -3.90. The van der Waals surface area contributed by atoms with Crippen LogP contribution in [-0.4, -0.2) is 11.7 Å². The first-order valence-electron chi connectivity index (χ1n) is 11.7. The molecule has 2 aromatic carbocycles. The van der Waals surface area contributed by atoms with Gasteiger partial charge in [0.25, 0.3) is 0 Å². The number of amides is 1. The van der Waals surface area contributed by atoms with Gasteiger partial charge in [0.2, 0.25) is 5.91 Å². The average molecular weight is 481 g/mol. The van der Waals surface area contributed by atoms with Gasteiger partial charge in [-0.2, -0.15) is 0 Å². The molecule has 2 aromatic heterocycles. The van der Waals surface area contributed by atoms with Crippen LogP contribution in [0.1, 0.15) is 41.0 Å². The maximum atomic E-state index is 14.0. The van der Waals surface area contributed by atoms with Gasteiger partial charge in [-0.1, -0.05) is 48.5 Å². The van der Waals surface area contributed by atoms with Gasteiger partial charge in [-0.05, 0) is 47.7 Å². The minimum absolute atomic E-state index is 0.0368. The molecule has 6 rings (SSSR count). The van der Waals surface area contributed by atoms with Gasteiger partial charge in [0, 0.05) is 28.5 Å². The van der Waals surface area contributed by atoms with Crippen LogP contribution in [0.15, 0.2) is 106 Å². The molecular weight excluding hydrogens is 456 g/mol. The molecule has 0 radical (unpaired) electrons. The van der Waals surface area contributed by atoms with Crippen LogP contribution in [0, 0.1) is 0 Å². The number of benzene rings is 2. The molecule has 1 amide bonds. The molecule has 0 spiro atoms. The summed E-state index contributed by atoms with van der Waals surface area (Å²) < 4.78 is 5.67. The number of anilines is 2. The van der Waals surface area contributed by atoms with E-state index >= 15 is 0 Å². The van der Waals surface area contributed by atoms with E-state index in [0.717, 1.165) is 33.3 Å². The molecule has 2 atom stereocenters. The van der Waals surface area contributed by atoms with Crippen molar-refractivity contribution in [3.05, 3.63) is 118 Å². The molecule has 0 saturated carbocycles. The van der Waals surface area contributed by atoms with E-state index in [4.69, 9.17) is 4.42 Å². The lowest BCUT2D eigenvalue weighted by Gasteiger charge is -2.34. The summed E-state index contributed by atoms with van der Waals surface area (Å²) in [5.41, 5.74) is 4.04. The fourth-order valence-corrected chi connectivity index (χ4v) is 5.88. The topological polar surface area (TPSA) is 62.6 Å². The summed E-state index contributed by atoms with van der Waals surface area (Å²) in [6.07, 6.45) is 2.91. The van der Waals surface area contributed by atoms with Gasteiger partial charge in [0.15, 0.2) is 5.78 Å². The Morgan fingerprint density at radius 3 is 2.57 bits per heavy atom. The number of thiophene rings is 1. The fourth-order valence-electron chi connectivity index (χ4n) is 5.19. The molecule has 0 saturated heterocycles. The standard InChI is InChI=1S/C29H24N2O3S/c32-25-17-20(26-13-6-14-34-26)16-23-28(25)29(19-8-2-1-3-9-19)31(24-12-5-4-11-22(24)30-23)27(33)18-21-10-7-15-35-21/h1-15,20,29-30H,16-18H2/t20-,29+/m0/s1. The molecule has 0 unspecified atom stereocenters. The van der Waals surface area contributed by atoms with Crippen molar-refractivity contribution in [1.29, 1.82) is 0 Å². The number of carbonyl (C=O) groups excluding carboxylic acids is 2. The van der Waals surface area contributed by atoms with Gasteiger partial charge >= 0.3 is 0 Å². The minimum atomic E-state index is -0.514. The van der Waals surface area contributed by atoms with Crippen molar-refractivity contribution < 1.29 is 14.0 Å². The third-order valence-electron chi connectivity index (χ3n) is 6.72. The average Bonchev–Trinajstić information content (AvgIpc) is 3.57. The van der Waals surface area contributed by atoms with Crippen molar-refractivity contribution in [2.45, 2.75) is 31.2 Å². The number of fused-ring (bicyclic) bond motifs is 1. The highest BCUT2D eigenvalue weighted by Crippen LogP contribution is 2.47. The lowest BCUT2D eigenvalue weighted by atomic mass is 9.80. The number of allylic oxidation sites excluding steroid dienone is 1. The SMILES string of the molecule is O=C1C[C@@H](c2ccco2)CC2=C1[C@@H](c1ccccc1)N(C(=O)Cc1cccs1)c1ccccc1N2. The number of nitrogens with zero attached hydrogens (tertiary/aromatic N) is 1. The van der Waals surface area contributed by atoms with Crippen LogP contribution in [0.3, 0.4) is 0 Å². The Morgan fingerprint density at radius 2 is 1.80 bits per heavy atom. The monoisotopic (exact) mass is 480 g/mol. The molecule has 5 nitrogen and oxygen atoms in total. The van der Waals surface area contributed by atoms with E-state index in [9.17, 15) is 9.59 Å². The van der Waals surface area contributed by atoms with Gasteiger partial charge in [-0.15, -0.1) is 11.3 Å². The largest absolute Gasteiger partial charge is 0.469 e. The van der Waals surface area contributed by atoms with Crippen molar-refractivity contribution >= 4 is 34.4 Å². The first-order valence-corrected chi connectivity index (χ1v) is 12.6. The molecule has 35 heavy (non-hydrogen) atoms. The first kappa shape index (κ1) is 21.6. The molecular formula is C29H24N2O3S. The third kappa shape index (κ3) is 4.00. The van der Waals surface area contributed by atoms with E-state index in [1.54, 1.807) is 17.6 Å². The van der Waals surface area contributed by atoms with Crippen LogP contribution >= 0.6 is 11.3 Å². The van der Waals surface area contributed by atoms with Crippen LogP contribution in [0.25, 0.3) is 0 Å². The predicted octanol–water partition coefficient (Wildman–Crippen LogP) is 6.48. The number of ketones is 1. The number of carbonyl (C=O) groups is 2. The van der Waals surface area contributed by atoms with Crippen molar-refractivity contribution in [2.75, 3.05) is 10.2 Å². The van der Waals surface area contributed by atoms with Gasteiger partial charge in [-0.25, -0.2) is 0 Å². The maximum Gasteiger partial charge on any atom is 0.233 e. The normalized spacial score (nSPS) is 19.5. The highest BCUT2D eigenvalue weighted by atomic mass is 32.1. The number of rotatable bonds is 4. The second-order valence-corrected chi connectivity index (χ2v) is 9.94. The molecule has 1 N–H and O–H groups in total. The Labute approximate surface area is 207 Å². The van der Waals surface area contributed by atoms with E-state index in [1.807, 2.05) is 89.1 Å². The van der Waals surface area contributed by atoms with Crippen molar-refractivity contribution in [2.24, 2.45) is 0 Å². The smallest absolute Gasteiger partial charge is 0.233 e. The van der Waals surface area contributed by atoms with Gasteiger partial charge in [0.05, 0.1) is 30.1 Å². The maximum absolute atomic E-state index is 14.0. The second-order valence-electron chi connectivity index (χ2n) is 8.91. The van der Waals surface area contributed by atoms with E-state index in [2.05, 4.69) is 5.32 Å². The highest BCUT2D eigenvalue weighted by molar-refractivity contribution is 7.10. The third-order valence-corrected chi connectivity index (χ3v) is 7.60. The van der Waals surface area contributed by atoms with Crippen LogP contribution in [-0.2, 0) is 16.0 Å². The second kappa shape index (κ2) is 9.04. The van der Waals surface area contributed by atoms with Crippen molar-refractivity contribution in [3.63, 3.8) is 0 Å². The Morgan fingerprint density at radius 1 is 0.971 bits per heavy atom. The molecule has 174 valence electrons. The first-order chi connectivity index (χ1) is 17.2. The summed E-state index contributed by atoms with van der Waals surface area (Å²) in [5.74, 6) is 0.771. The zero-order valence-corrected chi connectivity index (χ0v) is 19.8. The molecule has 1 aliphatic heterocycles. The summed E-state index contributed by atoms with van der Waals surface area (Å²) in [6, 6.07) is 24.9. The van der Waals surface area contributed by atoms with Gasteiger partial charge in [0.1, 0.15) is 5.76 Å². The number of nitrogens with one attached hydrogen (secondary N) is 1. The molecule has 3 heterocycles. The molecule has 1 aliphatic carbocycles. The zero-order valence-electron chi connectivity index (χ0n) is 19.0. The lowest BCUT2D eigenvalue weighted by molar-refractivity contribution is -0.118. The molecule has 6 heteroatoms. The predicted molar refractivity (Wildman–Crippen MR) is 137 cm³/mol. The van der Waals surface area contributed by atoms with E-state index in [1.165, 1.54) is 0 Å². The van der Waals surface area contributed by atoms with Gasteiger partial charge in [-0.3, -0.25) is 14.5 Å². The van der Waals surface area contributed by atoms with E-state index in [-0.39, 0.29) is 24.0 Å². The Balaban J connectivity index is 1.53. The highest BCUT2D eigenvalue weighted by Gasteiger charge is 2.41. The molecule has 2 aliphatic rings. The van der Waals surface area contributed by atoms with Crippen LogP contribution < -0.4 is 10.2 Å². The Bertz CT molecular complexity index is 1390. The fraction of sp³-hybridized carbons (Fsp3) is 0.172. The minimum Gasteiger partial charge on any atom is -0.469 e. The van der Waals surface area contributed by atoms with E-state index in [0.29, 0.717) is 18.4 Å². The summed E-state index contributed by atoms with van der Waals surface area (Å²) in [5, 5.41) is 5.53. The molecule has 0 bridgehead atoms. The zero-order chi connectivity index (χ0) is 23.8. The van der Waals surface area contributed by atoms with Gasteiger partial charge < -0.3 is 9.73 Å². The van der Waals surface area contributed by atoms with Crippen molar-refractivity contribution in [1.82, 2.24) is 0 Å². The number of hydrogen-bond donors (Lipinski definition) is 1. The van der Waals surface area contributed by atoms with Crippen LogP contribution in [0.4, 0.5) is 11.4 Å². The summed E-state index contributed by atoms with van der Waals surface area (Å²) in [4.78, 5) is 30.6. The quantitative estimate of drug-likeness (QED) is 0.363. The van der Waals surface area contributed by atoms with E-state index < -0.39 is 6.04 Å². The Kier molecular flexibility index (Phi) is 5.58. The number of furan rings is 1. The summed E-state index contributed by atoms with van der Waals surface area (Å²) in [7, 11) is 0. The van der Waals surface area contributed by atoms with Crippen LogP contribution in [0.2, 0.25) is 0 Å². The molecule has 0 fully saturated rings. The number of Topliss-reactive ketones (excluding diaryl/α,β-unsaturated/α-hetero) is 1. The lowest BCUT2D eigenvalue weighted by Crippen LogP contribution is -2.39.